The molecule has 0 fully saturated rings. The van der Waals surface area contributed by atoms with Crippen LogP contribution in [0.3, 0.4) is 0 Å². The molecule has 0 aromatic heterocycles. The van der Waals surface area contributed by atoms with Gasteiger partial charge in [-0.25, -0.2) is 0 Å². The Morgan fingerprint density at radius 2 is 1.15 bits per heavy atom. The van der Waals surface area contributed by atoms with Crippen LogP contribution in [0, 0.1) is 0 Å². The summed E-state index contributed by atoms with van der Waals surface area (Å²) >= 11 is 0. The molecule has 0 aliphatic heterocycles. The van der Waals surface area contributed by atoms with Crippen molar-refractivity contribution in [3.63, 3.8) is 0 Å². The van der Waals surface area contributed by atoms with Crippen LogP contribution in [0.1, 0.15) is 52.7 Å². The first kappa shape index (κ1) is 17.2. The quantitative estimate of drug-likeness (QED) is 0.830. The summed E-state index contributed by atoms with van der Waals surface area (Å²) in [7, 11) is 0. The summed E-state index contributed by atoms with van der Waals surface area (Å²) in [6, 6.07) is 8.98. The Hall–Kier alpha value is -0.860. The van der Waals surface area contributed by atoms with Crippen molar-refractivity contribution in [1.82, 2.24) is 10.6 Å². The van der Waals surface area contributed by atoms with Crippen LogP contribution in [0.4, 0.5) is 0 Å². The maximum absolute atomic E-state index is 3.54. The highest BCUT2D eigenvalue weighted by atomic mass is 14.9. The Morgan fingerprint density at radius 3 is 1.50 bits per heavy atom. The molecule has 1 aromatic carbocycles. The Bertz CT molecular complexity index is 361. The lowest BCUT2D eigenvalue weighted by atomic mass is 10.0. The third-order valence-corrected chi connectivity index (χ3v) is 3.13. The zero-order valence-electron chi connectivity index (χ0n) is 14.1. The second-order valence-corrected chi connectivity index (χ2v) is 7.67. The summed E-state index contributed by atoms with van der Waals surface area (Å²) in [6.45, 7) is 15.3. The van der Waals surface area contributed by atoms with Crippen molar-refractivity contribution in [2.75, 3.05) is 13.1 Å². The van der Waals surface area contributed by atoms with Gasteiger partial charge in [0.15, 0.2) is 0 Å². The van der Waals surface area contributed by atoms with E-state index in [9.17, 15) is 0 Å². The molecular formula is C18H32N2. The average molecular weight is 276 g/mol. The molecule has 1 aromatic rings. The van der Waals surface area contributed by atoms with E-state index in [0.29, 0.717) is 0 Å². The summed E-state index contributed by atoms with van der Waals surface area (Å²) in [5.41, 5.74) is 3.26. The fourth-order valence-corrected chi connectivity index (χ4v) is 2.10. The summed E-state index contributed by atoms with van der Waals surface area (Å²) in [6.07, 6.45) is 2.19. The Kier molecular flexibility index (Phi) is 6.22. The zero-order valence-corrected chi connectivity index (χ0v) is 14.1. The number of rotatable bonds is 6. The lowest BCUT2D eigenvalue weighted by molar-refractivity contribution is 0.429. The number of benzene rings is 1. The molecule has 0 saturated carbocycles. The van der Waals surface area contributed by atoms with Crippen molar-refractivity contribution in [2.45, 2.75) is 65.5 Å². The van der Waals surface area contributed by atoms with E-state index in [0.717, 1.165) is 25.9 Å². The predicted molar refractivity (Wildman–Crippen MR) is 89.4 cm³/mol. The van der Waals surface area contributed by atoms with Gasteiger partial charge in [0.2, 0.25) is 0 Å². The first-order valence-electron chi connectivity index (χ1n) is 7.74. The van der Waals surface area contributed by atoms with Crippen LogP contribution in [-0.4, -0.2) is 24.2 Å². The molecule has 2 nitrogen and oxygen atoms in total. The molecule has 0 amide bonds. The number of nitrogens with one attached hydrogen (secondary N) is 2. The first-order valence-corrected chi connectivity index (χ1v) is 7.74. The van der Waals surface area contributed by atoms with E-state index in [1.54, 1.807) is 0 Å². The fraction of sp³-hybridized carbons (Fsp3) is 0.667. The molecule has 0 heterocycles. The van der Waals surface area contributed by atoms with Crippen molar-refractivity contribution in [1.29, 1.82) is 0 Å². The lowest BCUT2D eigenvalue weighted by Crippen LogP contribution is -2.37. The second-order valence-electron chi connectivity index (χ2n) is 7.67. The fourth-order valence-electron chi connectivity index (χ4n) is 2.10. The van der Waals surface area contributed by atoms with Crippen molar-refractivity contribution in [3.8, 4) is 0 Å². The van der Waals surface area contributed by atoms with E-state index in [2.05, 4.69) is 76.4 Å². The average Bonchev–Trinajstić information content (AvgIpc) is 2.26. The van der Waals surface area contributed by atoms with Crippen molar-refractivity contribution < 1.29 is 0 Å². The molecule has 0 aliphatic carbocycles. The van der Waals surface area contributed by atoms with Crippen LogP contribution in [-0.2, 0) is 12.8 Å². The van der Waals surface area contributed by atoms with Gasteiger partial charge in [-0.2, -0.15) is 0 Å². The zero-order chi connectivity index (χ0) is 15.2. The summed E-state index contributed by atoms with van der Waals surface area (Å²) < 4.78 is 0. The molecular weight excluding hydrogens is 244 g/mol. The highest BCUT2D eigenvalue weighted by Crippen LogP contribution is 2.08. The SMILES string of the molecule is CC(C)(C)NCCc1cccc(CCNC(C)(C)C)c1. The van der Waals surface area contributed by atoms with E-state index >= 15 is 0 Å². The van der Waals surface area contributed by atoms with Gasteiger partial charge >= 0.3 is 0 Å². The van der Waals surface area contributed by atoms with Gasteiger partial charge in [-0.1, -0.05) is 24.3 Å². The number of hydrogen-bond donors (Lipinski definition) is 2. The highest BCUT2D eigenvalue weighted by molar-refractivity contribution is 5.24. The van der Waals surface area contributed by atoms with Gasteiger partial charge in [-0.3, -0.25) is 0 Å². The molecule has 0 aliphatic rings. The van der Waals surface area contributed by atoms with Crippen LogP contribution in [0.5, 0.6) is 0 Å². The van der Waals surface area contributed by atoms with E-state index in [1.165, 1.54) is 11.1 Å². The molecule has 0 bridgehead atoms. The molecule has 2 N–H and O–H groups in total. The van der Waals surface area contributed by atoms with Gasteiger partial charge in [0.05, 0.1) is 0 Å². The van der Waals surface area contributed by atoms with E-state index in [-0.39, 0.29) is 11.1 Å². The van der Waals surface area contributed by atoms with Gasteiger partial charge in [0, 0.05) is 11.1 Å². The van der Waals surface area contributed by atoms with Crippen LogP contribution in [0.15, 0.2) is 24.3 Å². The molecule has 0 radical (unpaired) electrons. The standard InChI is InChI=1S/C18H32N2/c1-17(2,3)19-12-10-15-8-7-9-16(14-15)11-13-20-18(4,5)6/h7-9,14,19-20H,10-13H2,1-6H3. The molecule has 0 unspecified atom stereocenters. The largest absolute Gasteiger partial charge is 0.312 e. The maximum Gasteiger partial charge on any atom is 0.00966 e. The minimum absolute atomic E-state index is 0.203. The molecule has 2 heteroatoms. The minimum atomic E-state index is 0.203. The maximum atomic E-state index is 3.54. The highest BCUT2D eigenvalue weighted by Gasteiger charge is 2.09. The molecule has 1 rings (SSSR count). The van der Waals surface area contributed by atoms with E-state index < -0.39 is 0 Å². The molecule has 0 atom stereocenters. The summed E-state index contributed by atoms with van der Waals surface area (Å²) in [5, 5.41) is 7.08. The van der Waals surface area contributed by atoms with Gasteiger partial charge in [0.25, 0.3) is 0 Å². The number of hydrogen-bond acceptors (Lipinski definition) is 2. The van der Waals surface area contributed by atoms with Crippen LogP contribution in [0.2, 0.25) is 0 Å². The summed E-state index contributed by atoms with van der Waals surface area (Å²) in [4.78, 5) is 0. The molecule has 0 spiro atoms. The van der Waals surface area contributed by atoms with Gasteiger partial charge in [0.1, 0.15) is 0 Å². The Balaban J connectivity index is 2.41. The monoisotopic (exact) mass is 276 g/mol. The van der Waals surface area contributed by atoms with Crippen LogP contribution < -0.4 is 10.6 Å². The van der Waals surface area contributed by atoms with Gasteiger partial charge in [-0.05, 0) is 78.6 Å². The van der Waals surface area contributed by atoms with Crippen molar-refractivity contribution in [2.24, 2.45) is 0 Å². The molecule has 114 valence electrons. The molecule has 20 heavy (non-hydrogen) atoms. The van der Waals surface area contributed by atoms with E-state index in [1.807, 2.05) is 0 Å². The third-order valence-electron chi connectivity index (χ3n) is 3.13. The second kappa shape index (κ2) is 7.24. The third kappa shape index (κ3) is 8.34. The first-order chi connectivity index (χ1) is 9.16. The lowest BCUT2D eigenvalue weighted by Gasteiger charge is -2.21. The van der Waals surface area contributed by atoms with Crippen LogP contribution in [0.25, 0.3) is 0 Å². The Labute approximate surface area is 125 Å². The van der Waals surface area contributed by atoms with Gasteiger partial charge in [-0.15, -0.1) is 0 Å². The van der Waals surface area contributed by atoms with Gasteiger partial charge < -0.3 is 10.6 Å². The topological polar surface area (TPSA) is 24.1 Å². The van der Waals surface area contributed by atoms with Crippen molar-refractivity contribution >= 4 is 0 Å². The van der Waals surface area contributed by atoms with E-state index in [4.69, 9.17) is 0 Å². The smallest absolute Gasteiger partial charge is 0.00966 e. The normalized spacial score (nSPS) is 12.7. The molecule has 0 saturated heterocycles. The minimum Gasteiger partial charge on any atom is -0.312 e. The predicted octanol–water partition coefficient (Wildman–Crippen LogP) is 3.55. The van der Waals surface area contributed by atoms with Crippen LogP contribution >= 0.6 is 0 Å². The Morgan fingerprint density at radius 1 is 0.750 bits per heavy atom. The van der Waals surface area contributed by atoms with Crippen molar-refractivity contribution in [3.05, 3.63) is 35.4 Å². The summed E-state index contributed by atoms with van der Waals surface area (Å²) in [5.74, 6) is 0.